The molecule has 0 radical (unpaired) electrons. The second kappa shape index (κ2) is 5.54. The molecule has 0 atom stereocenters. The third-order valence-corrected chi connectivity index (χ3v) is 2.94. The molecule has 6 heteroatoms. The van der Waals surface area contributed by atoms with Crippen LogP contribution in [0, 0.1) is 5.82 Å². The summed E-state index contributed by atoms with van der Waals surface area (Å²) in [6.45, 7) is 0. The first kappa shape index (κ1) is 13.1. The lowest BCUT2D eigenvalue weighted by atomic mass is 10.3. The zero-order chi connectivity index (χ0) is 13.1. The van der Waals surface area contributed by atoms with Crippen molar-refractivity contribution in [2.45, 2.75) is 0 Å². The summed E-state index contributed by atoms with van der Waals surface area (Å²) in [5.74, 6) is 0.204. The molecule has 0 unspecified atom stereocenters. The molecular formula is C12H9BrClFN2O. The first-order chi connectivity index (χ1) is 8.60. The molecule has 1 aromatic carbocycles. The molecule has 0 bridgehead atoms. The van der Waals surface area contributed by atoms with Crippen molar-refractivity contribution in [2.75, 3.05) is 12.4 Å². The van der Waals surface area contributed by atoms with E-state index >= 15 is 0 Å². The number of hydrogen-bond donors (Lipinski definition) is 1. The van der Waals surface area contributed by atoms with E-state index in [-0.39, 0.29) is 5.75 Å². The Balaban J connectivity index is 2.26. The van der Waals surface area contributed by atoms with Gasteiger partial charge in [0.25, 0.3) is 0 Å². The number of pyridine rings is 1. The fourth-order valence-corrected chi connectivity index (χ4v) is 2.06. The van der Waals surface area contributed by atoms with Crippen molar-refractivity contribution in [1.82, 2.24) is 4.98 Å². The van der Waals surface area contributed by atoms with Crippen molar-refractivity contribution in [3.8, 4) is 5.75 Å². The summed E-state index contributed by atoms with van der Waals surface area (Å²) in [6, 6.07) is 6.24. The molecule has 18 heavy (non-hydrogen) atoms. The highest BCUT2D eigenvalue weighted by Crippen LogP contribution is 2.27. The number of aromatic nitrogens is 1. The van der Waals surface area contributed by atoms with E-state index < -0.39 is 5.82 Å². The van der Waals surface area contributed by atoms with Gasteiger partial charge in [-0.1, -0.05) is 11.6 Å². The maximum atomic E-state index is 13.5. The van der Waals surface area contributed by atoms with Gasteiger partial charge < -0.3 is 10.1 Å². The molecule has 0 fully saturated rings. The van der Waals surface area contributed by atoms with Crippen LogP contribution >= 0.6 is 27.5 Å². The van der Waals surface area contributed by atoms with E-state index in [4.69, 9.17) is 16.3 Å². The number of hydrogen-bond acceptors (Lipinski definition) is 3. The van der Waals surface area contributed by atoms with Gasteiger partial charge in [-0.3, -0.25) is 0 Å². The van der Waals surface area contributed by atoms with E-state index in [1.807, 2.05) is 0 Å². The smallest absolute Gasteiger partial charge is 0.167 e. The summed E-state index contributed by atoms with van der Waals surface area (Å²) in [4.78, 5) is 4.10. The summed E-state index contributed by atoms with van der Waals surface area (Å²) in [6.07, 6.45) is 1.61. The van der Waals surface area contributed by atoms with Gasteiger partial charge in [0.15, 0.2) is 11.6 Å². The van der Waals surface area contributed by atoms with Crippen molar-refractivity contribution < 1.29 is 9.13 Å². The number of rotatable bonds is 3. The van der Waals surface area contributed by atoms with E-state index in [1.54, 1.807) is 18.3 Å². The van der Waals surface area contributed by atoms with Crippen molar-refractivity contribution in [1.29, 1.82) is 0 Å². The van der Waals surface area contributed by atoms with Crippen LogP contribution in [0.15, 0.2) is 34.9 Å². The molecule has 0 aliphatic carbocycles. The third kappa shape index (κ3) is 2.91. The van der Waals surface area contributed by atoms with Gasteiger partial charge in [0, 0.05) is 22.4 Å². The fourth-order valence-electron chi connectivity index (χ4n) is 1.39. The van der Waals surface area contributed by atoms with Crippen LogP contribution in [0.3, 0.4) is 0 Å². The lowest BCUT2D eigenvalue weighted by molar-refractivity contribution is 0.386. The highest BCUT2D eigenvalue weighted by Gasteiger charge is 2.06. The summed E-state index contributed by atoms with van der Waals surface area (Å²) in [5, 5.41) is 3.38. The second-order valence-corrected chi connectivity index (χ2v) is 4.78. The van der Waals surface area contributed by atoms with Crippen LogP contribution in [-0.4, -0.2) is 12.1 Å². The largest absolute Gasteiger partial charge is 0.494 e. The minimum Gasteiger partial charge on any atom is -0.494 e. The van der Waals surface area contributed by atoms with Crippen LogP contribution in [-0.2, 0) is 0 Å². The monoisotopic (exact) mass is 330 g/mol. The van der Waals surface area contributed by atoms with Gasteiger partial charge in [0.05, 0.1) is 12.1 Å². The summed E-state index contributed by atoms with van der Waals surface area (Å²) >= 11 is 9.27. The molecule has 1 aromatic heterocycles. The van der Waals surface area contributed by atoms with Crippen molar-refractivity contribution in [2.24, 2.45) is 0 Å². The van der Waals surface area contributed by atoms with Gasteiger partial charge >= 0.3 is 0 Å². The Kier molecular flexibility index (Phi) is 4.04. The lowest BCUT2D eigenvalue weighted by Crippen LogP contribution is -1.96. The lowest BCUT2D eigenvalue weighted by Gasteiger charge is -2.09. The topological polar surface area (TPSA) is 34.1 Å². The van der Waals surface area contributed by atoms with Crippen LogP contribution < -0.4 is 10.1 Å². The Morgan fingerprint density at radius 2 is 2.17 bits per heavy atom. The van der Waals surface area contributed by atoms with Gasteiger partial charge in [-0.05, 0) is 34.1 Å². The van der Waals surface area contributed by atoms with Crippen LogP contribution in [0.5, 0.6) is 5.75 Å². The normalized spacial score (nSPS) is 10.2. The SMILES string of the molecule is COc1ccc(Nc2ncc(Br)cc2Cl)cc1F. The Morgan fingerprint density at radius 3 is 2.78 bits per heavy atom. The molecule has 2 rings (SSSR count). The molecule has 1 heterocycles. The van der Waals surface area contributed by atoms with Crippen molar-refractivity contribution >= 4 is 39.0 Å². The van der Waals surface area contributed by atoms with Gasteiger partial charge in [0.1, 0.15) is 5.82 Å². The second-order valence-electron chi connectivity index (χ2n) is 3.46. The first-order valence-corrected chi connectivity index (χ1v) is 6.19. The van der Waals surface area contributed by atoms with E-state index in [2.05, 4.69) is 26.2 Å². The maximum Gasteiger partial charge on any atom is 0.167 e. The average molecular weight is 332 g/mol. The van der Waals surface area contributed by atoms with Crippen LogP contribution in [0.1, 0.15) is 0 Å². The molecule has 0 saturated carbocycles. The maximum absolute atomic E-state index is 13.5. The molecule has 2 aromatic rings. The molecule has 0 amide bonds. The van der Waals surface area contributed by atoms with Gasteiger partial charge in [-0.2, -0.15) is 0 Å². The van der Waals surface area contributed by atoms with Gasteiger partial charge in [-0.25, -0.2) is 9.37 Å². The number of anilines is 2. The molecule has 1 N–H and O–H groups in total. The first-order valence-electron chi connectivity index (χ1n) is 5.02. The molecule has 0 spiro atoms. The zero-order valence-electron chi connectivity index (χ0n) is 9.38. The highest BCUT2D eigenvalue weighted by molar-refractivity contribution is 9.10. The van der Waals surface area contributed by atoms with E-state index in [0.29, 0.717) is 16.5 Å². The van der Waals surface area contributed by atoms with Crippen LogP contribution in [0.4, 0.5) is 15.9 Å². The predicted octanol–water partition coefficient (Wildman–Crippen LogP) is 4.39. The number of ether oxygens (including phenoxy) is 1. The number of benzene rings is 1. The minimum atomic E-state index is -0.448. The third-order valence-electron chi connectivity index (χ3n) is 2.22. The number of nitrogens with one attached hydrogen (secondary N) is 1. The molecule has 3 nitrogen and oxygen atoms in total. The van der Waals surface area contributed by atoms with Crippen molar-refractivity contribution in [3.05, 3.63) is 45.8 Å². The van der Waals surface area contributed by atoms with E-state index in [9.17, 15) is 4.39 Å². The highest BCUT2D eigenvalue weighted by atomic mass is 79.9. The molecular weight excluding hydrogens is 323 g/mol. The Labute approximate surface area is 117 Å². The van der Waals surface area contributed by atoms with E-state index in [0.717, 1.165) is 4.47 Å². The molecule has 0 saturated heterocycles. The molecule has 0 aliphatic heterocycles. The van der Waals surface area contributed by atoms with Crippen molar-refractivity contribution in [3.63, 3.8) is 0 Å². The number of halogens is 3. The van der Waals surface area contributed by atoms with Gasteiger partial charge in [0.2, 0.25) is 0 Å². The quantitative estimate of drug-likeness (QED) is 0.906. The van der Waals surface area contributed by atoms with Crippen LogP contribution in [0.25, 0.3) is 0 Å². The number of methoxy groups -OCH3 is 1. The standard InChI is InChI=1S/C12H9BrClFN2O/c1-18-11-3-2-8(5-10(11)15)17-12-9(14)4-7(13)6-16-12/h2-6H,1H3,(H,16,17). The van der Waals surface area contributed by atoms with Crippen LogP contribution in [0.2, 0.25) is 5.02 Å². The zero-order valence-corrected chi connectivity index (χ0v) is 11.7. The fraction of sp³-hybridized carbons (Fsp3) is 0.0833. The Bertz CT molecular complexity index is 580. The summed E-state index contributed by atoms with van der Waals surface area (Å²) in [5.41, 5.74) is 0.546. The Hall–Kier alpha value is -1.33. The van der Waals surface area contributed by atoms with Gasteiger partial charge in [-0.15, -0.1) is 0 Å². The van der Waals surface area contributed by atoms with E-state index in [1.165, 1.54) is 19.2 Å². The predicted molar refractivity (Wildman–Crippen MR) is 73.2 cm³/mol. The summed E-state index contributed by atoms with van der Waals surface area (Å²) in [7, 11) is 1.42. The minimum absolute atomic E-state index is 0.190. The molecule has 0 aliphatic rings. The molecule has 94 valence electrons. The number of nitrogens with zero attached hydrogens (tertiary/aromatic N) is 1. The summed E-state index contributed by atoms with van der Waals surface area (Å²) < 4.78 is 19.1. The Morgan fingerprint density at radius 1 is 1.39 bits per heavy atom. The average Bonchev–Trinajstić information content (AvgIpc) is 2.33.